The van der Waals surface area contributed by atoms with Gasteiger partial charge in [0.2, 0.25) is 0 Å². The predicted octanol–water partition coefficient (Wildman–Crippen LogP) is 5.01. The Kier molecular flexibility index (Phi) is 5.99. The zero-order valence-corrected chi connectivity index (χ0v) is 13.2. The fourth-order valence-electron chi connectivity index (χ4n) is 1.54. The third-order valence-corrected chi connectivity index (χ3v) is 4.19. The fraction of sp³-hybridized carbons (Fsp3) is 0.467. The number of hydrogen-bond donors (Lipinski definition) is 0. The lowest BCUT2D eigenvalue weighted by atomic mass is 10.2. The smallest absolute Gasteiger partial charge is 0.303 e. The van der Waals surface area contributed by atoms with Gasteiger partial charge in [-0.3, -0.25) is 4.57 Å². The van der Waals surface area contributed by atoms with Gasteiger partial charge in [0.25, 0.3) is 0 Å². The minimum Gasteiger partial charge on any atom is -0.303 e. The summed E-state index contributed by atoms with van der Waals surface area (Å²) in [6.07, 6.45) is 1.49. The summed E-state index contributed by atoms with van der Waals surface area (Å²) in [6.45, 7) is 9.40. The van der Waals surface area contributed by atoms with E-state index in [2.05, 4.69) is 0 Å². The van der Waals surface area contributed by atoms with Gasteiger partial charge in [-0.1, -0.05) is 29.8 Å². The van der Waals surface area contributed by atoms with Gasteiger partial charge in [0.1, 0.15) is 0 Å². The first-order chi connectivity index (χ1) is 8.81. The monoisotopic (exact) mass is 282 g/mol. The lowest BCUT2D eigenvalue weighted by Crippen LogP contribution is -2.06. The van der Waals surface area contributed by atoms with Crippen molar-refractivity contribution in [3.8, 4) is 0 Å². The van der Waals surface area contributed by atoms with Gasteiger partial charge in [-0.05, 0) is 46.3 Å². The van der Waals surface area contributed by atoms with Crippen LogP contribution in [0.5, 0.6) is 0 Å². The highest BCUT2D eigenvalue weighted by atomic mass is 31.2. The van der Waals surface area contributed by atoms with Crippen LogP contribution < -0.4 is 0 Å². The van der Waals surface area contributed by atoms with Crippen LogP contribution in [0.2, 0.25) is 0 Å². The van der Waals surface area contributed by atoms with E-state index >= 15 is 0 Å². The average Bonchev–Trinajstić information content (AvgIpc) is 2.26. The van der Waals surface area contributed by atoms with Gasteiger partial charge in [-0.15, -0.1) is 0 Å². The van der Waals surface area contributed by atoms with E-state index in [4.69, 9.17) is 9.05 Å². The highest BCUT2D eigenvalue weighted by molar-refractivity contribution is 7.57. The molecule has 1 aromatic carbocycles. The second-order valence-corrected chi connectivity index (χ2v) is 6.87. The maximum Gasteiger partial charge on any atom is 0.354 e. The van der Waals surface area contributed by atoms with Crippen LogP contribution in [0, 0.1) is 6.92 Å². The van der Waals surface area contributed by atoms with Crippen LogP contribution in [0.1, 0.15) is 38.8 Å². The molecule has 0 spiro atoms. The Morgan fingerprint density at radius 2 is 1.47 bits per heavy atom. The quantitative estimate of drug-likeness (QED) is 0.688. The Balaban J connectivity index is 2.87. The van der Waals surface area contributed by atoms with Crippen molar-refractivity contribution in [2.24, 2.45) is 0 Å². The molecule has 3 nitrogen and oxygen atoms in total. The van der Waals surface area contributed by atoms with E-state index in [-0.39, 0.29) is 12.2 Å². The molecule has 1 rings (SSSR count). The zero-order valence-electron chi connectivity index (χ0n) is 12.3. The van der Waals surface area contributed by atoms with Crippen LogP contribution in [-0.2, 0) is 13.6 Å². The Labute approximate surface area is 116 Å². The SMILES string of the molecule is Cc1ccc(/C=C/P(=O)(OC(C)C)OC(C)C)cc1. The largest absolute Gasteiger partial charge is 0.354 e. The van der Waals surface area contributed by atoms with Crippen LogP contribution in [0.15, 0.2) is 30.1 Å². The molecule has 0 heterocycles. The van der Waals surface area contributed by atoms with Crippen molar-refractivity contribution in [3.05, 3.63) is 41.2 Å². The molecule has 0 amide bonds. The molecular weight excluding hydrogens is 259 g/mol. The van der Waals surface area contributed by atoms with Gasteiger partial charge in [0.15, 0.2) is 0 Å². The van der Waals surface area contributed by atoms with E-state index in [1.807, 2.05) is 58.9 Å². The molecule has 0 fully saturated rings. The molecule has 0 saturated heterocycles. The number of benzene rings is 1. The first-order valence-corrected chi connectivity index (χ1v) is 8.14. The second-order valence-electron chi connectivity index (χ2n) is 5.07. The third kappa shape index (κ3) is 6.20. The Hall–Kier alpha value is -0.890. The molecule has 0 N–H and O–H groups in total. The van der Waals surface area contributed by atoms with Gasteiger partial charge in [-0.2, -0.15) is 0 Å². The van der Waals surface area contributed by atoms with E-state index in [0.29, 0.717) is 0 Å². The van der Waals surface area contributed by atoms with Crippen molar-refractivity contribution >= 4 is 13.7 Å². The van der Waals surface area contributed by atoms with Gasteiger partial charge >= 0.3 is 7.60 Å². The molecule has 0 atom stereocenters. The molecule has 0 aliphatic heterocycles. The fourth-order valence-corrected chi connectivity index (χ4v) is 3.26. The number of aryl methyl sites for hydroxylation is 1. The lowest BCUT2D eigenvalue weighted by Gasteiger charge is -2.19. The van der Waals surface area contributed by atoms with Crippen molar-refractivity contribution in [2.45, 2.75) is 46.8 Å². The van der Waals surface area contributed by atoms with Crippen LogP contribution in [0.25, 0.3) is 6.08 Å². The van der Waals surface area contributed by atoms with E-state index in [0.717, 1.165) is 5.56 Å². The van der Waals surface area contributed by atoms with Crippen LogP contribution >= 0.6 is 7.60 Å². The van der Waals surface area contributed by atoms with Gasteiger partial charge in [-0.25, -0.2) is 0 Å². The molecule has 0 saturated carbocycles. The normalized spacial score (nSPS) is 12.8. The van der Waals surface area contributed by atoms with Crippen LogP contribution in [0.3, 0.4) is 0 Å². The highest BCUT2D eigenvalue weighted by Crippen LogP contribution is 2.52. The third-order valence-electron chi connectivity index (χ3n) is 2.24. The maximum absolute atomic E-state index is 12.5. The molecule has 0 unspecified atom stereocenters. The summed E-state index contributed by atoms with van der Waals surface area (Å²) < 4.78 is 23.4. The topological polar surface area (TPSA) is 35.5 Å². The molecule has 19 heavy (non-hydrogen) atoms. The summed E-state index contributed by atoms with van der Waals surface area (Å²) in [5, 5.41) is 0. The first-order valence-electron chi connectivity index (χ1n) is 6.53. The standard InChI is InChI=1S/C15H23O3P/c1-12(2)17-19(16,18-13(3)4)11-10-15-8-6-14(5)7-9-15/h6-13H,1-5H3/b11-10+. The van der Waals surface area contributed by atoms with Gasteiger partial charge in [0, 0.05) is 5.82 Å². The Morgan fingerprint density at radius 1 is 1.00 bits per heavy atom. The van der Waals surface area contributed by atoms with E-state index in [9.17, 15) is 4.57 Å². The summed E-state index contributed by atoms with van der Waals surface area (Å²) >= 11 is 0. The van der Waals surface area contributed by atoms with E-state index < -0.39 is 7.60 Å². The summed E-state index contributed by atoms with van der Waals surface area (Å²) in [4.78, 5) is 0. The molecule has 1 aromatic rings. The maximum atomic E-state index is 12.5. The minimum atomic E-state index is -3.19. The number of rotatable bonds is 6. The number of hydrogen-bond acceptors (Lipinski definition) is 3. The van der Waals surface area contributed by atoms with Crippen molar-refractivity contribution < 1.29 is 13.6 Å². The molecule has 0 aromatic heterocycles. The zero-order chi connectivity index (χ0) is 14.5. The van der Waals surface area contributed by atoms with Gasteiger partial charge in [0.05, 0.1) is 12.2 Å². The van der Waals surface area contributed by atoms with Crippen molar-refractivity contribution in [1.29, 1.82) is 0 Å². The molecule has 0 aliphatic rings. The summed E-state index contributed by atoms with van der Waals surface area (Å²) in [6, 6.07) is 7.97. The summed E-state index contributed by atoms with van der Waals surface area (Å²) in [5.41, 5.74) is 2.17. The Bertz CT molecular complexity index is 447. The van der Waals surface area contributed by atoms with Crippen molar-refractivity contribution in [3.63, 3.8) is 0 Å². The summed E-state index contributed by atoms with van der Waals surface area (Å²) in [5.74, 6) is 1.54. The molecule has 106 valence electrons. The first kappa shape index (κ1) is 16.2. The lowest BCUT2D eigenvalue weighted by molar-refractivity contribution is 0.149. The van der Waals surface area contributed by atoms with Crippen molar-refractivity contribution in [1.82, 2.24) is 0 Å². The molecule has 0 radical (unpaired) electrons. The highest BCUT2D eigenvalue weighted by Gasteiger charge is 2.23. The predicted molar refractivity (Wildman–Crippen MR) is 80.3 cm³/mol. The Morgan fingerprint density at radius 3 is 1.89 bits per heavy atom. The second kappa shape index (κ2) is 7.04. The van der Waals surface area contributed by atoms with Crippen molar-refractivity contribution in [2.75, 3.05) is 0 Å². The van der Waals surface area contributed by atoms with E-state index in [1.165, 1.54) is 11.4 Å². The molecule has 0 bridgehead atoms. The van der Waals surface area contributed by atoms with Gasteiger partial charge < -0.3 is 9.05 Å². The van der Waals surface area contributed by atoms with E-state index in [1.54, 1.807) is 6.08 Å². The molecule has 0 aliphatic carbocycles. The average molecular weight is 282 g/mol. The minimum absolute atomic E-state index is 0.146. The summed E-state index contributed by atoms with van der Waals surface area (Å²) in [7, 11) is -3.19. The molecular formula is C15H23O3P. The van der Waals surface area contributed by atoms with Crippen LogP contribution in [-0.4, -0.2) is 12.2 Å². The van der Waals surface area contributed by atoms with Crippen LogP contribution in [0.4, 0.5) is 0 Å². The molecule has 4 heteroatoms.